The lowest BCUT2D eigenvalue weighted by Crippen LogP contribution is -2.41. The van der Waals surface area contributed by atoms with Gasteiger partial charge in [-0.05, 0) is 51.4 Å². The molecule has 0 heterocycles. The second kappa shape index (κ2) is 41.2. The largest absolute Gasteiger partial charge is 0.790 e. The van der Waals surface area contributed by atoms with E-state index in [4.69, 9.17) is 19.2 Å². The molecule has 0 amide bonds. The van der Waals surface area contributed by atoms with Gasteiger partial charge in [0.15, 0.2) is 0 Å². The van der Waals surface area contributed by atoms with E-state index in [2.05, 4.69) is 55.9 Å². The van der Waals surface area contributed by atoms with Crippen LogP contribution >= 0.6 is 7.82 Å². The van der Waals surface area contributed by atoms with Crippen LogP contribution < -0.4 is 9.79 Å². The van der Waals surface area contributed by atoms with Gasteiger partial charge in [-0.15, -0.1) is 0 Å². The summed E-state index contributed by atoms with van der Waals surface area (Å²) in [6.07, 6.45) is 46.1. The van der Waals surface area contributed by atoms with Crippen LogP contribution in [0.4, 0.5) is 0 Å². The number of unbranched alkanes of at least 4 members (excludes halogenated alkanes) is 28. The summed E-state index contributed by atoms with van der Waals surface area (Å²) in [5.41, 5.74) is 0. The number of quaternary nitrogens is 2. The molecule has 1 N–H and O–H groups in total. The molecule has 51 heavy (non-hydrogen) atoms. The summed E-state index contributed by atoms with van der Waals surface area (Å²) < 4.78 is 11.1. The molecule has 7 heteroatoms. The van der Waals surface area contributed by atoms with E-state index in [1.165, 1.54) is 241 Å². The van der Waals surface area contributed by atoms with Gasteiger partial charge in [0.25, 0.3) is 0 Å². The molecule has 0 rings (SSSR count). The molecule has 0 aliphatic carbocycles. The highest BCUT2D eigenvalue weighted by Gasteiger charge is 2.14. The van der Waals surface area contributed by atoms with Gasteiger partial charge in [-0.2, -0.15) is 0 Å². The molecule has 0 atom stereocenters. The van der Waals surface area contributed by atoms with Crippen LogP contribution in [0.25, 0.3) is 0 Å². The predicted octanol–water partition coefficient (Wildman–Crippen LogP) is 12.5. The fraction of sp³-hybridized carbons (Fsp3) is 1.00. The Hall–Kier alpha value is 0.0300. The monoisotopic (exact) mass is 749 g/mol. The summed E-state index contributed by atoms with van der Waals surface area (Å²) in [6.45, 7) is 14.7. The average molecular weight is 749 g/mol. The lowest BCUT2D eigenvalue weighted by molar-refractivity contribution is -0.890. The number of hydrogen-bond acceptors (Lipinski definition) is 3. The molecular weight excluding hydrogens is 651 g/mol. The van der Waals surface area contributed by atoms with Gasteiger partial charge >= 0.3 is 0 Å². The number of phosphoric acid groups is 1. The smallest absolute Gasteiger partial charge is 0.0782 e. The molecule has 0 bridgehead atoms. The van der Waals surface area contributed by atoms with Crippen molar-refractivity contribution in [3.05, 3.63) is 0 Å². The van der Waals surface area contributed by atoms with Gasteiger partial charge in [0.1, 0.15) is 0 Å². The van der Waals surface area contributed by atoms with Crippen molar-refractivity contribution in [3.63, 3.8) is 0 Å². The Morgan fingerprint density at radius 1 is 0.333 bits per heavy atom. The zero-order valence-electron chi connectivity index (χ0n) is 36.5. The van der Waals surface area contributed by atoms with Gasteiger partial charge in [-0.25, -0.2) is 0 Å². The number of nitrogens with zero attached hydrogens (tertiary/aromatic N) is 2. The van der Waals surface area contributed by atoms with Crippen LogP contribution in [0.3, 0.4) is 0 Å². The molecule has 0 radical (unpaired) electrons. The molecule has 0 aromatic heterocycles. The lowest BCUT2D eigenvalue weighted by atomic mass is 10.1. The first-order valence-corrected chi connectivity index (χ1v) is 24.1. The van der Waals surface area contributed by atoms with Gasteiger partial charge in [-0.1, -0.05) is 182 Å². The van der Waals surface area contributed by atoms with Crippen LogP contribution in [0.15, 0.2) is 0 Å². The summed E-state index contributed by atoms with van der Waals surface area (Å²) in [7, 11) is 4.59. The van der Waals surface area contributed by atoms with Crippen LogP contribution in [0, 0.1) is 0 Å². The second-order valence-corrected chi connectivity index (χ2v) is 18.1. The van der Waals surface area contributed by atoms with E-state index in [1.54, 1.807) is 0 Å². The van der Waals surface area contributed by atoms with E-state index >= 15 is 0 Å². The van der Waals surface area contributed by atoms with Gasteiger partial charge < -0.3 is 28.2 Å². The van der Waals surface area contributed by atoms with Gasteiger partial charge in [-0.3, -0.25) is 0 Å². The average Bonchev–Trinajstić information content (AvgIpc) is 3.05. The Balaban J connectivity index is -0.000000796. The predicted molar refractivity (Wildman–Crippen MR) is 224 cm³/mol. The third-order valence-corrected chi connectivity index (χ3v) is 10.5. The summed E-state index contributed by atoms with van der Waals surface area (Å²) in [6, 6.07) is 0. The fourth-order valence-electron chi connectivity index (χ4n) is 6.92. The zero-order valence-corrected chi connectivity index (χ0v) is 37.4. The SMILES string of the molecule is CCCCCCCCCC[N+](C)(C)CCCCCCCCCC.CCCCCCCCCC[N+](C)(C)CCCCCCCCCC.O=P([O-])([O-])O. The van der Waals surface area contributed by atoms with Crippen molar-refractivity contribution < 1.29 is 28.2 Å². The second-order valence-electron chi connectivity index (χ2n) is 17.1. The van der Waals surface area contributed by atoms with E-state index in [0.29, 0.717) is 0 Å². The molecule has 0 aliphatic rings. The van der Waals surface area contributed by atoms with Gasteiger partial charge in [0.05, 0.1) is 62.2 Å². The molecule has 312 valence electrons. The highest BCUT2D eigenvalue weighted by molar-refractivity contribution is 7.42. The molecule has 0 saturated heterocycles. The molecule has 0 aromatic carbocycles. The lowest BCUT2D eigenvalue weighted by Gasteiger charge is -2.30. The van der Waals surface area contributed by atoms with Crippen molar-refractivity contribution in [2.24, 2.45) is 0 Å². The Kier molecular flexibility index (Phi) is 44.7. The summed E-state index contributed by atoms with van der Waals surface area (Å²) >= 11 is 0. The molecule has 0 unspecified atom stereocenters. The first kappa shape index (κ1) is 55.4. The Morgan fingerprint density at radius 3 is 0.588 bits per heavy atom. The molecule has 0 aliphatic heterocycles. The van der Waals surface area contributed by atoms with Crippen molar-refractivity contribution in [2.45, 2.75) is 233 Å². The Morgan fingerprint density at radius 2 is 0.451 bits per heavy atom. The standard InChI is InChI=1S/2C22H48N.H3O4P/c2*1-5-7-9-11-13-15-17-19-21-23(3,4)22-20-18-16-14-12-10-8-6-2;1-5(2,3)4/h2*5-22H2,1-4H3;(H3,1,2,3,4)/q2*+1;/p-2. The Labute approximate surface area is 322 Å². The van der Waals surface area contributed by atoms with Crippen LogP contribution in [0.5, 0.6) is 0 Å². The molecule has 0 spiro atoms. The molecule has 0 saturated carbocycles. The zero-order chi connectivity index (χ0) is 39.0. The van der Waals surface area contributed by atoms with Crippen molar-refractivity contribution in [2.75, 3.05) is 54.4 Å². The van der Waals surface area contributed by atoms with Crippen LogP contribution in [-0.2, 0) is 4.57 Å². The Bertz CT molecular complexity index is 598. The first-order valence-electron chi connectivity index (χ1n) is 22.6. The highest BCUT2D eigenvalue weighted by atomic mass is 31.2. The minimum Gasteiger partial charge on any atom is -0.790 e. The minimum atomic E-state index is -5.14. The normalized spacial score (nSPS) is 12.0. The topological polar surface area (TPSA) is 83.4 Å². The highest BCUT2D eigenvalue weighted by Crippen LogP contribution is 2.15. The van der Waals surface area contributed by atoms with Crippen LogP contribution in [0.2, 0.25) is 0 Å². The van der Waals surface area contributed by atoms with Crippen molar-refractivity contribution in [1.82, 2.24) is 0 Å². The summed E-state index contributed by atoms with van der Waals surface area (Å²) in [4.78, 5) is 24.3. The number of rotatable bonds is 36. The van der Waals surface area contributed by atoms with Crippen molar-refractivity contribution in [1.29, 1.82) is 0 Å². The molecule has 0 aromatic rings. The summed E-state index contributed by atoms with van der Waals surface area (Å²) in [5, 5.41) is 0. The van der Waals surface area contributed by atoms with E-state index in [0.717, 1.165) is 0 Å². The van der Waals surface area contributed by atoms with Crippen LogP contribution in [-0.4, -0.2) is 68.2 Å². The maximum atomic E-state index is 8.66. The maximum absolute atomic E-state index is 8.66. The molecule has 6 nitrogen and oxygen atoms in total. The fourth-order valence-corrected chi connectivity index (χ4v) is 6.92. The van der Waals surface area contributed by atoms with Gasteiger partial charge in [0, 0.05) is 0 Å². The van der Waals surface area contributed by atoms with E-state index in [9.17, 15) is 0 Å². The van der Waals surface area contributed by atoms with Crippen LogP contribution in [0.1, 0.15) is 233 Å². The quantitative estimate of drug-likeness (QED) is 0.0393. The number of hydrogen-bond donors (Lipinski definition) is 1. The van der Waals surface area contributed by atoms with Gasteiger partial charge in [0.2, 0.25) is 0 Å². The first-order chi connectivity index (χ1) is 24.2. The van der Waals surface area contributed by atoms with Crippen molar-refractivity contribution in [3.8, 4) is 0 Å². The molecule has 0 fully saturated rings. The minimum absolute atomic E-state index is 1.24. The van der Waals surface area contributed by atoms with E-state index in [1.807, 2.05) is 0 Å². The third kappa shape index (κ3) is 59.5. The summed E-state index contributed by atoms with van der Waals surface area (Å²) in [5.74, 6) is 0. The maximum Gasteiger partial charge on any atom is 0.0782 e. The molecular formula is C44H97N2O4P. The van der Waals surface area contributed by atoms with E-state index < -0.39 is 7.82 Å². The van der Waals surface area contributed by atoms with E-state index in [-0.39, 0.29) is 0 Å². The third-order valence-electron chi connectivity index (χ3n) is 10.5. The van der Waals surface area contributed by atoms with Crippen molar-refractivity contribution >= 4 is 7.82 Å².